The van der Waals surface area contributed by atoms with Crippen molar-refractivity contribution in [2.75, 3.05) is 0 Å². The van der Waals surface area contributed by atoms with Gasteiger partial charge in [0.15, 0.2) is 0 Å². The fraction of sp³-hybridized carbons (Fsp3) is 0. The summed E-state index contributed by atoms with van der Waals surface area (Å²) >= 11 is 0. The molecule has 0 bridgehead atoms. The number of hydroxylamine groups is 1. The lowest BCUT2D eigenvalue weighted by Gasteiger charge is -1.89. The summed E-state index contributed by atoms with van der Waals surface area (Å²) in [6.45, 7) is 0. The number of hydrogen-bond acceptors (Lipinski definition) is 3. The van der Waals surface area contributed by atoms with Crippen molar-refractivity contribution in [1.82, 2.24) is 5.48 Å². The van der Waals surface area contributed by atoms with E-state index in [0.29, 0.717) is 0 Å². The highest BCUT2D eigenvalue weighted by Gasteiger charge is 2.01. The third-order valence-corrected chi connectivity index (χ3v) is 2.04. The van der Waals surface area contributed by atoms with Gasteiger partial charge in [-0.3, -0.25) is 10.0 Å². The van der Waals surface area contributed by atoms with Crippen molar-refractivity contribution in [2.45, 2.75) is 0 Å². The number of para-hydroxylation sites is 1. The molecule has 0 atom stereocenters. The van der Waals surface area contributed by atoms with Gasteiger partial charge in [0.1, 0.15) is 5.58 Å². The van der Waals surface area contributed by atoms with Crippen molar-refractivity contribution in [2.24, 2.45) is 0 Å². The maximum atomic E-state index is 10.8. The van der Waals surface area contributed by atoms with Crippen LogP contribution in [0.5, 0.6) is 0 Å². The second-order valence-electron chi connectivity index (χ2n) is 3.00. The van der Waals surface area contributed by atoms with Gasteiger partial charge >= 0.3 is 0 Å². The minimum Gasteiger partial charge on any atom is -0.464 e. The summed E-state index contributed by atoms with van der Waals surface area (Å²) in [5, 5.41) is 9.23. The standard InChI is InChI=1S/C11H9NO3/c13-11(12-14)6-5-8-7-15-10-4-2-1-3-9(8)10/h1-7,14H,(H,12,13). The normalized spacial score (nSPS) is 11.0. The number of carbonyl (C=O) groups is 1. The van der Waals surface area contributed by atoms with Gasteiger partial charge in [0.2, 0.25) is 0 Å². The summed E-state index contributed by atoms with van der Waals surface area (Å²) in [5.74, 6) is -0.569. The largest absolute Gasteiger partial charge is 0.464 e. The molecule has 0 saturated carbocycles. The van der Waals surface area contributed by atoms with Gasteiger partial charge in [-0.15, -0.1) is 0 Å². The van der Waals surface area contributed by atoms with Crippen molar-refractivity contribution in [1.29, 1.82) is 0 Å². The average Bonchev–Trinajstić information content (AvgIpc) is 2.69. The Hall–Kier alpha value is -2.07. The minimum atomic E-state index is -0.569. The summed E-state index contributed by atoms with van der Waals surface area (Å²) in [6, 6.07) is 7.51. The lowest BCUT2D eigenvalue weighted by atomic mass is 10.1. The van der Waals surface area contributed by atoms with E-state index in [2.05, 4.69) is 0 Å². The van der Waals surface area contributed by atoms with Crippen LogP contribution in [0.25, 0.3) is 17.0 Å². The highest BCUT2D eigenvalue weighted by molar-refractivity contribution is 5.94. The van der Waals surface area contributed by atoms with Crippen molar-refractivity contribution >= 4 is 23.0 Å². The molecule has 1 aromatic carbocycles. The molecule has 0 radical (unpaired) electrons. The molecule has 2 aromatic rings. The van der Waals surface area contributed by atoms with E-state index in [1.54, 1.807) is 12.3 Å². The van der Waals surface area contributed by atoms with Gasteiger partial charge in [0.25, 0.3) is 5.91 Å². The van der Waals surface area contributed by atoms with Crippen LogP contribution in [0.1, 0.15) is 5.56 Å². The maximum Gasteiger partial charge on any atom is 0.267 e. The van der Waals surface area contributed by atoms with Crippen LogP contribution in [0, 0.1) is 0 Å². The van der Waals surface area contributed by atoms with Crippen molar-refractivity contribution in [3.05, 3.63) is 42.2 Å². The Morgan fingerprint density at radius 3 is 3.00 bits per heavy atom. The van der Waals surface area contributed by atoms with Crippen molar-refractivity contribution in [3.63, 3.8) is 0 Å². The molecule has 1 amide bonds. The van der Waals surface area contributed by atoms with Crippen LogP contribution >= 0.6 is 0 Å². The van der Waals surface area contributed by atoms with Crippen LogP contribution in [-0.2, 0) is 4.79 Å². The van der Waals surface area contributed by atoms with E-state index >= 15 is 0 Å². The highest BCUT2D eigenvalue weighted by atomic mass is 16.5. The summed E-state index contributed by atoms with van der Waals surface area (Å²) < 4.78 is 5.27. The number of benzene rings is 1. The lowest BCUT2D eigenvalue weighted by molar-refractivity contribution is -0.124. The van der Waals surface area contributed by atoms with Crippen LogP contribution in [0.4, 0.5) is 0 Å². The number of rotatable bonds is 2. The van der Waals surface area contributed by atoms with Crippen LogP contribution < -0.4 is 5.48 Å². The third-order valence-electron chi connectivity index (χ3n) is 2.04. The molecule has 0 fully saturated rings. The first-order valence-corrected chi connectivity index (χ1v) is 4.39. The van der Waals surface area contributed by atoms with Crippen LogP contribution in [0.15, 0.2) is 41.0 Å². The van der Waals surface area contributed by atoms with Gasteiger partial charge in [-0.1, -0.05) is 18.2 Å². The molecule has 0 aliphatic heterocycles. The van der Waals surface area contributed by atoms with E-state index in [9.17, 15) is 4.79 Å². The van der Waals surface area contributed by atoms with E-state index in [1.807, 2.05) is 24.3 Å². The van der Waals surface area contributed by atoms with Gasteiger partial charge < -0.3 is 4.42 Å². The molecule has 0 spiro atoms. The van der Waals surface area contributed by atoms with Crippen molar-refractivity contribution < 1.29 is 14.4 Å². The zero-order valence-electron chi connectivity index (χ0n) is 7.81. The molecule has 0 aliphatic carbocycles. The summed E-state index contributed by atoms with van der Waals surface area (Å²) in [5.41, 5.74) is 3.08. The fourth-order valence-corrected chi connectivity index (χ4v) is 1.33. The van der Waals surface area contributed by atoms with Gasteiger partial charge in [-0.05, 0) is 12.1 Å². The molecule has 2 N–H and O–H groups in total. The van der Waals surface area contributed by atoms with E-state index in [4.69, 9.17) is 9.62 Å². The molecule has 0 aliphatic rings. The Morgan fingerprint density at radius 2 is 2.20 bits per heavy atom. The monoisotopic (exact) mass is 203 g/mol. The Kier molecular flexibility index (Phi) is 2.51. The molecule has 76 valence electrons. The Morgan fingerprint density at radius 1 is 1.40 bits per heavy atom. The van der Waals surface area contributed by atoms with E-state index in [0.717, 1.165) is 16.5 Å². The first kappa shape index (κ1) is 9.48. The average molecular weight is 203 g/mol. The number of fused-ring (bicyclic) bond motifs is 1. The van der Waals surface area contributed by atoms with Crippen LogP contribution in [0.3, 0.4) is 0 Å². The summed E-state index contributed by atoms with van der Waals surface area (Å²) in [4.78, 5) is 10.8. The van der Waals surface area contributed by atoms with E-state index < -0.39 is 5.91 Å². The predicted octanol–water partition coefficient (Wildman–Crippen LogP) is 1.95. The topological polar surface area (TPSA) is 62.5 Å². The highest BCUT2D eigenvalue weighted by Crippen LogP contribution is 2.21. The molecule has 1 aromatic heterocycles. The van der Waals surface area contributed by atoms with Crippen molar-refractivity contribution in [3.8, 4) is 0 Å². The smallest absolute Gasteiger partial charge is 0.267 e. The maximum absolute atomic E-state index is 10.8. The lowest BCUT2D eigenvalue weighted by Crippen LogP contribution is -2.14. The van der Waals surface area contributed by atoms with Gasteiger partial charge in [-0.2, -0.15) is 0 Å². The number of carbonyl (C=O) groups excluding carboxylic acids is 1. The Labute approximate surface area is 85.8 Å². The Balaban J connectivity index is 2.36. The summed E-state index contributed by atoms with van der Waals surface area (Å²) in [7, 11) is 0. The fourth-order valence-electron chi connectivity index (χ4n) is 1.33. The van der Waals surface area contributed by atoms with Gasteiger partial charge in [0.05, 0.1) is 6.26 Å². The van der Waals surface area contributed by atoms with E-state index in [1.165, 1.54) is 11.6 Å². The first-order valence-electron chi connectivity index (χ1n) is 4.39. The Bertz CT molecular complexity index is 513. The molecule has 4 heteroatoms. The van der Waals surface area contributed by atoms with Gasteiger partial charge in [-0.25, -0.2) is 5.48 Å². The molecule has 0 saturated heterocycles. The van der Waals surface area contributed by atoms with Crippen LogP contribution in [0.2, 0.25) is 0 Å². The molecule has 0 unspecified atom stereocenters. The molecule has 15 heavy (non-hydrogen) atoms. The molecule has 2 rings (SSSR count). The predicted molar refractivity (Wildman–Crippen MR) is 55.2 cm³/mol. The molecule has 1 heterocycles. The molecular formula is C11H9NO3. The van der Waals surface area contributed by atoms with E-state index in [-0.39, 0.29) is 0 Å². The third kappa shape index (κ3) is 1.89. The minimum absolute atomic E-state index is 0.569. The second kappa shape index (κ2) is 3.98. The second-order valence-corrected chi connectivity index (χ2v) is 3.00. The number of amides is 1. The number of furan rings is 1. The van der Waals surface area contributed by atoms with Gasteiger partial charge in [0, 0.05) is 17.0 Å². The SMILES string of the molecule is O=C(C=Cc1coc2ccccc12)NO. The summed E-state index contributed by atoms with van der Waals surface area (Å²) in [6.07, 6.45) is 4.38. The zero-order chi connectivity index (χ0) is 10.7. The van der Waals surface area contributed by atoms with Crippen LogP contribution in [-0.4, -0.2) is 11.1 Å². The number of nitrogens with one attached hydrogen (secondary N) is 1. The quantitative estimate of drug-likeness (QED) is 0.445. The molecule has 4 nitrogen and oxygen atoms in total. The first-order chi connectivity index (χ1) is 7.31. The zero-order valence-corrected chi connectivity index (χ0v) is 7.81. The molecular weight excluding hydrogens is 194 g/mol. The number of hydrogen-bond donors (Lipinski definition) is 2.